The predicted molar refractivity (Wildman–Crippen MR) is 48.6 cm³/mol. The van der Waals surface area contributed by atoms with Crippen LogP contribution in [0.25, 0.3) is 0 Å². The number of piperazine rings is 1. The zero-order valence-electron chi connectivity index (χ0n) is 8.45. The zero-order chi connectivity index (χ0) is 13.1. The maximum atomic E-state index is 11.7. The van der Waals surface area contributed by atoms with E-state index in [0.717, 1.165) is 9.19 Å². The second-order valence-electron chi connectivity index (χ2n) is 3.12. The molecule has 0 atom stereocenters. The first-order valence-corrected chi connectivity index (χ1v) is 5.93. The van der Waals surface area contributed by atoms with Gasteiger partial charge in [0, 0.05) is 26.2 Å². The Hall–Kier alpha value is -0.910. The Kier molecular flexibility index (Phi) is 4.30. The van der Waals surface area contributed by atoms with Crippen molar-refractivity contribution < 1.29 is 31.2 Å². The summed E-state index contributed by atoms with van der Waals surface area (Å²) in [5.41, 5.74) is 0. The fourth-order valence-corrected chi connectivity index (χ4v) is 2.04. The summed E-state index contributed by atoms with van der Waals surface area (Å²) in [7, 11) is -4.24. The van der Waals surface area contributed by atoms with E-state index in [1.807, 2.05) is 0 Å². The molecule has 0 saturated carbocycles. The lowest BCUT2D eigenvalue weighted by Gasteiger charge is -2.25. The molecule has 17 heavy (non-hydrogen) atoms. The van der Waals surface area contributed by atoms with E-state index in [1.165, 1.54) is 0 Å². The average Bonchev–Trinajstić information content (AvgIpc) is 2.26. The van der Waals surface area contributed by atoms with Crippen molar-refractivity contribution in [3.05, 3.63) is 0 Å². The summed E-state index contributed by atoms with van der Waals surface area (Å²) in [5, 5.41) is 2.85. The number of carbonyl (C=O) groups excluding carboxylic acids is 1. The number of hydrogen-bond acceptors (Lipinski definition) is 5. The van der Waals surface area contributed by atoms with Crippen LogP contribution in [0.4, 0.5) is 13.2 Å². The highest BCUT2D eigenvalue weighted by atomic mass is 32.2. The van der Waals surface area contributed by atoms with Crippen LogP contribution in [0.3, 0.4) is 0 Å². The second kappa shape index (κ2) is 5.16. The van der Waals surface area contributed by atoms with Gasteiger partial charge in [-0.25, -0.2) is 4.79 Å². The van der Waals surface area contributed by atoms with Crippen LogP contribution in [-0.4, -0.2) is 51.0 Å². The number of hydrogen-bond donors (Lipinski definition) is 2. The van der Waals surface area contributed by atoms with Crippen molar-refractivity contribution in [2.24, 2.45) is 0 Å². The van der Waals surface area contributed by atoms with Crippen molar-refractivity contribution in [1.29, 1.82) is 0 Å². The van der Waals surface area contributed by atoms with Gasteiger partial charge in [-0.05, 0) is 4.89 Å². The van der Waals surface area contributed by atoms with Crippen molar-refractivity contribution in [2.45, 2.75) is 6.18 Å². The minimum Gasteiger partial charge on any atom is -0.347 e. The van der Waals surface area contributed by atoms with Gasteiger partial charge in [0.1, 0.15) is 0 Å². The summed E-state index contributed by atoms with van der Waals surface area (Å²) in [6.45, 7) is 0.903. The lowest BCUT2D eigenvalue weighted by atomic mass is 10.4. The fraction of sp³-hybridized carbons (Fsp3) is 0.833. The molecule has 0 radical (unpaired) electrons. The third-order valence-electron chi connectivity index (χ3n) is 1.89. The molecule has 0 aromatic heterocycles. The van der Waals surface area contributed by atoms with Gasteiger partial charge in [0.25, 0.3) is 0 Å². The van der Waals surface area contributed by atoms with Gasteiger partial charge < -0.3 is 10.2 Å². The summed E-state index contributed by atoms with van der Waals surface area (Å²) < 4.78 is 58.8. The fourth-order valence-electron chi connectivity index (χ4n) is 1.09. The normalized spacial score (nSPS) is 19.0. The minimum atomic E-state index is -5.24. The Morgan fingerprint density at radius 2 is 1.82 bits per heavy atom. The molecule has 1 aliphatic heterocycles. The minimum absolute atomic E-state index is 0.0822. The highest BCUT2D eigenvalue weighted by Gasteiger charge is 2.42. The first kappa shape index (κ1) is 14.2. The summed E-state index contributed by atoms with van der Waals surface area (Å²) in [6.07, 6.45) is -5.24. The average molecular weight is 277 g/mol. The van der Waals surface area contributed by atoms with Crippen molar-refractivity contribution >= 4 is 16.2 Å². The van der Waals surface area contributed by atoms with Crippen LogP contribution in [0.15, 0.2) is 0 Å². The van der Waals surface area contributed by atoms with Crippen molar-refractivity contribution in [1.82, 2.24) is 14.5 Å². The largest absolute Gasteiger partial charge is 0.492 e. The number of nitrogens with zero attached hydrogens (tertiary/aromatic N) is 1. The maximum Gasteiger partial charge on any atom is 0.492 e. The van der Waals surface area contributed by atoms with Crippen molar-refractivity contribution in [2.75, 3.05) is 26.2 Å². The van der Waals surface area contributed by atoms with E-state index in [-0.39, 0.29) is 13.1 Å². The molecule has 1 fully saturated rings. The molecule has 0 amide bonds. The third-order valence-corrected chi connectivity index (χ3v) is 3.23. The van der Waals surface area contributed by atoms with E-state index in [0.29, 0.717) is 13.1 Å². The van der Waals surface area contributed by atoms with Crippen LogP contribution < -0.4 is 10.2 Å². The van der Waals surface area contributed by atoms with E-state index in [2.05, 4.69) is 10.2 Å². The van der Waals surface area contributed by atoms with Crippen LogP contribution >= 0.6 is 0 Å². The summed E-state index contributed by atoms with van der Waals surface area (Å²) in [5.74, 6) is -2.61. The molecule has 0 aliphatic carbocycles. The molecule has 0 bridgehead atoms. The van der Waals surface area contributed by atoms with E-state index < -0.39 is 22.4 Å². The molecular formula is C6H10F3N3O4S. The first-order chi connectivity index (χ1) is 7.73. The van der Waals surface area contributed by atoms with Crippen molar-refractivity contribution in [3.8, 4) is 0 Å². The van der Waals surface area contributed by atoms with Gasteiger partial charge >= 0.3 is 22.4 Å². The van der Waals surface area contributed by atoms with Gasteiger partial charge in [0.15, 0.2) is 0 Å². The van der Waals surface area contributed by atoms with Gasteiger partial charge in [-0.2, -0.15) is 25.9 Å². The molecular weight excluding hydrogens is 267 g/mol. The summed E-state index contributed by atoms with van der Waals surface area (Å²) >= 11 is 0. The molecule has 1 rings (SSSR count). The zero-order valence-corrected chi connectivity index (χ0v) is 9.27. The third kappa shape index (κ3) is 4.11. The van der Waals surface area contributed by atoms with Crippen LogP contribution in [0.5, 0.6) is 0 Å². The number of alkyl halides is 3. The Morgan fingerprint density at radius 1 is 1.29 bits per heavy atom. The second-order valence-corrected chi connectivity index (χ2v) is 4.76. The Labute approximate surface area is 95.0 Å². The molecule has 0 unspecified atom stereocenters. The van der Waals surface area contributed by atoms with Gasteiger partial charge in [0.05, 0.1) is 0 Å². The summed E-state index contributed by atoms with van der Waals surface area (Å²) in [6, 6.07) is 0. The van der Waals surface area contributed by atoms with E-state index >= 15 is 0 Å². The van der Waals surface area contributed by atoms with E-state index in [1.54, 1.807) is 0 Å². The number of carbonyl (C=O) groups is 1. The molecule has 0 aromatic rings. The first-order valence-electron chi connectivity index (χ1n) is 4.49. The smallest absolute Gasteiger partial charge is 0.347 e. The molecule has 0 spiro atoms. The maximum absolute atomic E-state index is 11.7. The Morgan fingerprint density at radius 3 is 2.29 bits per heavy atom. The van der Waals surface area contributed by atoms with Crippen LogP contribution in [-0.2, 0) is 19.8 Å². The number of rotatable bonds is 3. The van der Waals surface area contributed by atoms with Gasteiger partial charge in [-0.1, -0.05) is 0 Å². The van der Waals surface area contributed by atoms with Gasteiger partial charge in [-0.15, -0.1) is 0 Å². The summed E-state index contributed by atoms with van der Waals surface area (Å²) in [4.78, 5) is 14.9. The molecule has 7 nitrogen and oxygen atoms in total. The molecule has 1 aliphatic rings. The standard InChI is InChI=1S/C6H10F3N3O4S/c7-6(8,9)5(13)16-11-17(14,15)12-3-1-10-2-4-12/h10-11H,1-4H2. The van der Waals surface area contributed by atoms with Crippen LogP contribution in [0, 0.1) is 0 Å². The highest BCUT2D eigenvalue weighted by molar-refractivity contribution is 7.87. The lowest BCUT2D eigenvalue weighted by Crippen LogP contribution is -2.51. The number of nitrogens with one attached hydrogen (secondary N) is 2. The molecule has 1 saturated heterocycles. The highest BCUT2D eigenvalue weighted by Crippen LogP contribution is 2.16. The van der Waals surface area contributed by atoms with E-state index in [4.69, 9.17) is 0 Å². The van der Waals surface area contributed by atoms with Crippen LogP contribution in [0.1, 0.15) is 0 Å². The van der Waals surface area contributed by atoms with Gasteiger partial charge in [0.2, 0.25) is 0 Å². The molecule has 2 N–H and O–H groups in total. The topological polar surface area (TPSA) is 87.7 Å². The quantitative estimate of drug-likeness (QED) is 0.629. The Bertz CT molecular complexity index is 376. The molecule has 1 heterocycles. The monoisotopic (exact) mass is 277 g/mol. The van der Waals surface area contributed by atoms with Gasteiger partial charge in [-0.3, -0.25) is 0 Å². The predicted octanol–water partition coefficient (Wildman–Crippen LogP) is -1.25. The SMILES string of the molecule is O=C(ONS(=O)(=O)N1CCNCC1)C(F)(F)F. The molecule has 0 aromatic carbocycles. The lowest BCUT2D eigenvalue weighted by molar-refractivity contribution is -0.203. The van der Waals surface area contributed by atoms with E-state index in [9.17, 15) is 26.4 Å². The molecule has 11 heteroatoms. The Balaban J connectivity index is 2.52. The number of halogens is 3. The molecule has 100 valence electrons. The van der Waals surface area contributed by atoms with Crippen molar-refractivity contribution in [3.63, 3.8) is 0 Å². The van der Waals surface area contributed by atoms with Crippen LogP contribution in [0.2, 0.25) is 0 Å².